The van der Waals surface area contributed by atoms with Crippen LogP contribution >= 0.6 is 0 Å². The average molecular weight is 393 g/mol. The molecule has 8 heteroatoms. The van der Waals surface area contributed by atoms with E-state index < -0.39 is 30.1 Å². The largest absolute Gasteiger partial charge is 0.391 e. The molecule has 1 aliphatic rings. The Labute approximate surface area is 160 Å². The number of hydrogen-bond acceptors (Lipinski definition) is 2. The summed E-state index contributed by atoms with van der Waals surface area (Å²) < 4.78 is 38.5. The van der Waals surface area contributed by atoms with Crippen LogP contribution in [0.15, 0.2) is 42.5 Å². The number of amides is 3. The summed E-state index contributed by atoms with van der Waals surface area (Å²) in [6, 6.07) is 12.1. The molecule has 0 saturated heterocycles. The minimum atomic E-state index is -4.25. The van der Waals surface area contributed by atoms with Crippen LogP contribution in [0.2, 0.25) is 0 Å². The SMILES string of the molecule is O=C(Cc1ccc2ccccc2c1)NNC(=O)N[C@H]1CCC[C@@H](C(F)(F)F)C1. The zero-order valence-electron chi connectivity index (χ0n) is 15.2. The molecule has 0 spiro atoms. The molecule has 5 nitrogen and oxygen atoms in total. The fourth-order valence-electron chi connectivity index (χ4n) is 3.54. The summed E-state index contributed by atoms with van der Waals surface area (Å²) in [5.41, 5.74) is 5.29. The molecule has 0 aliphatic heterocycles. The van der Waals surface area contributed by atoms with Crippen LogP contribution < -0.4 is 16.2 Å². The lowest BCUT2D eigenvalue weighted by Gasteiger charge is -2.30. The van der Waals surface area contributed by atoms with E-state index in [1.807, 2.05) is 42.5 Å². The van der Waals surface area contributed by atoms with E-state index in [0.29, 0.717) is 12.8 Å². The fourth-order valence-corrected chi connectivity index (χ4v) is 3.54. The molecule has 0 bridgehead atoms. The van der Waals surface area contributed by atoms with Crippen molar-refractivity contribution in [2.45, 2.75) is 44.3 Å². The minimum Gasteiger partial charge on any atom is -0.334 e. The first-order valence-corrected chi connectivity index (χ1v) is 9.21. The van der Waals surface area contributed by atoms with Crippen molar-refractivity contribution < 1.29 is 22.8 Å². The Morgan fingerprint density at radius 3 is 2.50 bits per heavy atom. The average Bonchev–Trinajstić information content (AvgIpc) is 2.66. The zero-order valence-corrected chi connectivity index (χ0v) is 15.2. The van der Waals surface area contributed by atoms with Gasteiger partial charge in [0.05, 0.1) is 12.3 Å². The van der Waals surface area contributed by atoms with Gasteiger partial charge in [0.25, 0.3) is 0 Å². The van der Waals surface area contributed by atoms with Crippen LogP contribution in [0.1, 0.15) is 31.2 Å². The molecule has 2 aromatic carbocycles. The van der Waals surface area contributed by atoms with E-state index in [-0.39, 0.29) is 19.3 Å². The molecule has 0 heterocycles. The van der Waals surface area contributed by atoms with Gasteiger partial charge in [-0.2, -0.15) is 13.2 Å². The second-order valence-corrected chi connectivity index (χ2v) is 7.11. The quantitative estimate of drug-likeness (QED) is 0.694. The Hall–Kier alpha value is -2.77. The Balaban J connectivity index is 1.45. The number of urea groups is 1. The van der Waals surface area contributed by atoms with Gasteiger partial charge in [-0.05, 0) is 35.6 Å². The predicted molar refractivity (Wildman–Crippen MR) is 99.3 cm³/mol. The molecule has 0 unspecified atom stereocenters. The van der Waals surface area contributed by atoms with Crippen molar-refractivity contribution in [3.8, 4) is 0 Å². The van der Waals surface area contributed by atoms with Crippen LogP contribution in [-0.2, 0) is 11.2 Å². The number of rotatable bonds is 3. The molecule has 2 atom stereocenters. The maximum Gasteiger partial charge on any atom is 0.391 e. The van der Waals surface area contributed by atoms with Crippen LogP contribution in [-0.4, -0.2) is 24.2 Å². The molecule has 1 saturated carbocycles. The van der Waals surface area contributed by atoms with Crippen molar-refractivity contribution in [2.75, 3.05) is 0 Å². The number of carbonyl (C=O) groups excluding carboxylic acids is 2. The van der Waals surface area contributed by atoms with E-state index in [1.54, 1.807) is 0 Å². The number of halogens is 3. The highest BCUT2D eigenvalue weighted by Gasteiger charge is 2.42. The molecule has 3 amide bonds. The molecule has 150 valence electrons. The first kappa shape index (κ1) is 20.0. The zero-order chi connectivity index (χ0) is 20.1. The summed E-state index contributed by atoms with van der Waals surface area (Å²) in [6.07, 6.45) is -3.32. The second-order valence-electron chi connectivity index (χ2n) is 7.11. The standard InChI is InChI=1S/C20H22F3N3O2/c21-20(22,23)16-6-3-7-17(12-16)24-19(28)26-25-18(27)11-13-8-9-14-4-1-2-5-15(14)10-13/h1-2,4-5,8-10,16-17H,3,6-7,11-12H2,(H,25,27)(H2,24,26,28)/t16-,17+/m1/s1. The van der Waals surface area contributed by atoms with E-state index >= 15 is 0 Å². The normalized spacial score (nSPS) is 19.8. The summed E-state index contributed by atoms with van der Waals surface area (Å²) in [7, 11) is 0. The van der Waals surface area contributed by atoms with Gasteiger partial charge in [-0.1, -0.05) is 48.9 Å². The monoisotopic (exact) mass is 393 g/mol. The van der Waals surface area contributed by atoms with E-state index in [2.05, 4.69) is 16.2 Å². The van der Waals surface area contributed by atoms with Gasteiger partial charge >= 0.3 is 12.2 Å². The Kier molecular flexibility index (Phi) is 6.06. The molecular formula is C20H22F3N3O2. The predicted octanol–water partition coefficient (Wildman–Crippen LogP) is 3.83. The summed E-state index contributed by atoms with van der Waals surface area (Å²) in [5, 5.41) is 4.57. The Bertz CT molecular complexity index is 854. The number of hydrazine groups is 1. The first-order valence-electron chi connectivity index (χ1n) is 9.21. The number of benzene rings is 2. The lowest BCUT2D eigenvalue weighted by atomic mass is 9.85. The fraction of sp³-hybridized carbons (Fsp3) is 0.400. The molecule has 3 N–H and O–H groups in total. The summed E-state index contributed by atoms with van der Waals surface area (Å²) in [5.74, 6) is -1.81. The van der Waals surface area contributed by atoms with Gasteiger partial charge in [-0.15, -0.1) is 0 Å². The van der Waals surface area contributed by atoms with Gasteiger partial charge < -0.3 is 5.32 Å². The Morgan fingerprint density at radius 1 is 1.00 bits per heavy atom. The van der Waals surface area contributed by atoms with E-state index in [9.17, 15) is 22.8 Å². The maximum atomic E-state index is 12.8. The molecule has 3 rings (SSSR count). The van der Waals surface area contributed by atoms with Crippen molar-refractivity contribution >= 4 is 22.7 Å². The summed E-state index contributed by atoms with van der Waals surface area (Å²) in [6.45, 7) is 0. The lowest BCUT2D eigenvalue weighted by molar-refractivity contribution is -0.183. The van der Waals surface area contributed by atoms with Gasteiger partial charge in [0.15, 0.2) is 0 Å². The van der Waals surface area contributed by atoms with Gasteiger partial charge in [-0.25, -0.2) is 10.2 Å². The van der Waals surface area contributed by atoms with Crippen molar-refractivity contribution in [3.05, 3.63) is 48.0 Å². The highest BCUT2D eigenvalue weighted by Crippen LogP contribution is 2.37. The number of alkyl halides is 3. The van der Waals surface area contributed by atoms with Crippen LogP contribution in [0.4, 0.5) is 18.0 Å². The highest BCUT2D eigenvalue weighted by molar-refractivity contribution is 5.86. The lowest BCUT2D eigenvalue weighted by Crippen LogP contribution is -2.51. The van der Waals surface area contributed by atoms with Crippen LogP contribution in [0.25, 0.3) is 10.8 Å². The molecule has 0 aromatic heterocycles. The molecular weight excluding hydrogens is 371 g/mol. The maximum absolute atomic E-state index is 12.8. The second kappa shape index (κ2) is 8.50. The van der Waals surface area contributed by atoms with E-state index in [4.69, 9.17) is 0 Å². The third-order valence-corrected chi connectivity index (χ3v) is 4.97. The van der Waals surface area contributed by atoms with E-state index in [0.717, 1.165) is 16.3 Å². The van der Waals surface area contributed by atoms with Crippen LogP contribution in [0.3, 0.4) is 0 Å². The van der Waals surface area contributed by atoms with E-state index in [1.165, 1.54) is 0 Å². The molecule has 2 aromatic rings. The summed E-state index contributed by atoms with van der Waals surface area (Å²) in [4.78, 5) is 23.9. The van der Waals surface area contributed by atoms with Crippen molar-refractivity contribution in [1.82, 2.24) is 16.2 Å². The first-order chi connectivity index (χ1) is 13.3. The van der Waals surface area contributed by atoms with Gasteiger partial charge in [-0.3, -0.25) is 10.2 Å². The third kappa shape index (κ3) is 5.37. The molecule has 28 heavy (non-hydrogen) atoms. The third-order valence-electron chi connectivity index (χ3n) is 4.97. The number of carbonyl (C=O) groups is 2. The Morgan fingerprint density at radius 2 is 1.75 bits per heavy atom. The number of hydrogen-bond donors (Lipinski definition) is 3. The van der Waals surface area contributed by atoms with Crippen LogP contribution in [0.5, 0.6) is 0 Å². The summed E-state index contributed by atoms with van der Waals surface area (Å²) >= 11 is 0. The van der Waals surface area contributed by atoms with Crippen LogP contribution in [0, 0.1) is 5.92 Å². The molecule has 0 radical (unpaired) electrons. The minimum absolute atomic E-state index is 0.0741. The number of fused-ring (bicyclic) bond motifs is 1. The van der Waals surface area contributed by atoms with Gasteiger partial charge in [0.2, 0.25) is 5.91 Å². The molecule has 1 fully saturated rings. The topological polar surface area (TPSA) is 70.2 Å². The van der Waals surface area contributed by atoms with Crippen molar-refractivity contribution in [3.63, 3.8) is 0 Å². The van der Waals surface area contributed by atoms with Gasteiger partial charge in [0, 0.05) is 6.04 Å². The number of nitrogens with one attached hydrogen (secondary N) is 3. The van der Waals surface area contributed by atoms with Crippen molar-refractivity contribution in [1.29, 1.82) is 0 Å². The highest BCUT2D eigenvalue weighted by atomic mass is 19.4. The smallest absolute Gasteiger partial charge is 0.334 e. The van der Waals surface area contributed by atoms with Crippen molar-refractivity contribution in [2.24, 2.45) is 5.92 Å². The molecule has 1 aliphatic carbocycles. The van der Waals surface area contributed by atoms with Gasteiger partial charge in [0.1, 0.15) is 0 Å².